The summed E-state index contributed by atoms with van der Waals surface area (Å²) in [7, 11) is 1.56. The van der Waals surface area contributed by atoms with Crippen molar-refractivity contribution in [2.75, 3.05) is 7.11 Å². The highest BCUT2D eigenvalue weighted by Gasteiger charge is 2.11. The Labute approximate surface area is 108 Å². The molecule has 0 amide bonds. The molecule has 0 saturated heterocycles. The molecule has 0 spiro atoms. The molecule has 3 rings (SSSR count). The van der Waals surface area contributed by atoms with E-state index in [-0.39, 0.29) is 5.75 Å². The highest BCUT2D eigenvalue weighted by molar-refractivity contribution is 6.05. The standard InChI is InChI=1S/C15H12O4/c1-8-5-11-10-4-3-9(16)6-14(10)19-15(17)12(11)7-13(8)18-2/h3-7,16H,1-2H3. The van der Waals surface area contributed by atoms with Gasteiger partial charge in [0.2, 0.25) is 0 Å². The van der Waals surface area contributed by atoms with Crippen molar-refractivity contribution in [1.82, 2.24) is 0 Å². The van der Waals surface area contributed by atoms with E-state index in [1.165, 1.54) is 6.07 Å². The third-order valence-corrected chi connectivity index (χ3v) is 3.21. The first kappa shape index (κ1) is 11.6. The number of rotatable bonds is 1. The molecule has 1 aromatic heterocycles. The molecule has 0 fully saturated rings. The van der Waals surface area contributed by atoms with Crippen molar-refractivity contribution in [2.45, 2.75) is 6.92 Å². The predicted molar refractivity (Wildman–Crippen MR) is 72.9 cm³/mol. The predicted octanol–water partition coefficient (Wildman–Crippen LogP) is 2.97. The van der Waals surface area contributed by atoms with Gasteiger partial charge in [0.05, 0.1) is 12.5 Å². The van der Waals surface area contributed by atoms with Gasteiger partial charge in [-0.05, 0) is 36.8 Å². The molecule has 19 heavy (non-hydrogen) atoms. The van der Waals surface area contributed by atoms with Crippen molar-refractivity contribution < 1.29 is 14.3 Å². The molecule has 3 aromatic rings. The molecule has 4 nitrogen and oxygen atoms in total. The van der Waals surface area contributed by atoms with Crippen LogP contribution in [0.2, 0.25) is 0 Å². The van der Waals surface area contributed by atoms with Crippen LogP contribution < -0.4 is 10.4 Å². The number of ether oxygens (including phenoxy) is 1. The molecule has 0 aliphatic carbocycles. The van der Waals surface area contributed by atoms with Crippen molar-refractivity contribution in [2.24, 2.45) is 0 Å². The number of methoxy groups -OCH3 is 1. The minimum absolute atomic E-state index is 0.0697. The molecular formula is C15H12O4. The lowest BCUT2D eigenvalue weighted by Gasteiger charge is -2.08. The summed E-state index contributed by atoms with van der Waals surface area (Å²) in [5.74, 6) is 0.721. The first-order chi connectivity index (χ1) is 9.10. The minimum atomic E-state index is -0.439. The molecule has 0 unspecified atom stereocenters. The number of benzene rings is 2. The number of hydrogen-bond donors (Lipinski definition) is 1. The zero-order valence-electron chi connectivity index (χ0n) is 10.6. The second kappa shape index (κ2) is 4.02. The van der Waals surface area contributed by atoms with Crippen LogP contribution in [0, 0.1) is 6.92 Å². The third-order valence-electron chi connectivity index (χ3n) is 3.21. The second-order valence-electron chi connectivity index (χ2n) is 4.44. The van der Waals surface area contributed by atoms with E-state index >= 15 is 0 Å². The Hall–Kier alpha value is -2.49. The van der Waals surface area contributed by atoms with Crippen LogP contribution in [-0.4, -0.2) is 12.2 Å². The fourth-order valence-corrected chi connectivity index (χ4v) is 2.27. The van der Waals surface area contributed by atoms with Crippen LogP contribution in [0.25, 0.3) is 21.7 Å². The van der Waals surface area contributed by atoms with E-state index in [1.807, 2.05) is 13.0 Å². The fourth-order valence-electron chi connectivity index (χ4n) is 2.27. The zero-order valence-corrected chi connectivity index (χ0v) is 10.6. The molecule has 0 bridgehead atoms. The van der Waals surface area contributed by atoms with Gasteiger partial charge < -0.3 is 14.3 Å². The van der Waals surface area contributed by atoms with Crippen molar-refractivity contribution in [3.05, 3.63) is 46.3 Å². The number of hydrogen-bond acceptors (Lipinski definition) is 4. The van der Waals surface area contributed by atoms with Gasteiger partial charge >= 0.3 is 5.63 Å². The summed E-state index contributed by atoms with van der Waals surface area (Å²) in [6.07, 6.45) is 0. The molecule has 0 radical (unpaired) electrons. The monoisotopic (exact) mass is 256 g/mol. The second-order valence-corrected chi connectivity index (χ2v) is 4.44. The summed E-state index contributed by atoms with van der Waals surface area (Å²) in [5, 5.41) is 11.5. The molecule has 1 heterocycles. The van der Waals surface area contributed by atoms with Crippen LogP contribution in [0.3, 0.4) is 0 Å². The maximum Gasteiger partial charge on any atom is 0.344 e. The summed E-state index contributed by atoms with van der Waals surface area (Å²) >= 11 is 0. The van der Waals surface area contributed by atoms with E-state index in [9.17, 15) is 9.90 Å². The summed E-state index contributed by atoms with van der Waals surface area (Å²) in [6.45, 7) is 1.92. The fraction of sp³-hybridized carbons (Fsp3) is 0.133. The Kier molecular flexibility index (Phi) is 2.45. The molecule has 2 aromatic carbocycles. The van der Waals surface area contributed by atoms with Crippen LogP contribution in [0.4, 0.5) is 0 Å². The van der Waals surface area contributed by atoms with Crippen molar-refractivity contribution in [1.29, 1.82) is 0 Å². The van der Waals surface area contributed by atoms with E-state index in [0.29, 0.717) is 16.7 Å². The Morgan fingerprint density at radius 1 is 1.11 bits per heavy atom. The molecule has 1 N–H and O–H groups in total. The van der Waals surface area contributed by atoms with Gasteiger partial charge in [-0.3, -0.25) is 0 Å². The maximum atomic E-state index is 12.0. The smallest absolute Gasteiger partial charge is 0.344 e. The summed E-state index contributed by atoms with van der Waals surface area (Å²) in [6, 6.07) is 8.33. The van der Waals surface area contributed by atoms with Crippen molar-refractivity contribution >= 4 is 21.7 Å². The molecular weight excluding hydrogens is 244 g/mol. The molecule has 0 aliphatic rings. The van der Waals surface area contributed by atoms with Gasteiger partial charge in [0.25, 0.3) is 0 Å². The average molecular weight is 256 g/mol. The molecule has 0 atom stereocenters. The largest absolute Gasteiger partial charge is 0.508 e. The van der Waals surface area contributed by atoms with Gasteiger partial charge in [0.1, 0.15) is 17.1 Å². The van der Waals surface area contributed by atoms with Gasteiger partial charge in [0, 0.05) is 16.8 Å². The third kappa shape index (κ3) is 1.73. The van der Waals surface area contributed by atoms with E-state index < -0.39 is 5.63 Å². The van der Waals surface area contributed by atoms with E-state index in [0.717, 1.165) is 16.3 Å². The molecule has 0 aliphatic heterocycles. The van der Waals surface area contributed by atoms with Crippen LogP contribution in [0.15, 0.2) is 39.5 Å². The normalized spacial score (nSPS) is 11.1. The van der Waals surface area contributed by atoms with Crippen LogP contribution in [0.5, 0.6) is 11.5 Å². The van der Waals surface area contributed by atoms with Crippen molar-refractivity contribution in [3.8, 4) is 11.5 Å². The van der Waals surface area contributed by atoms with E-state index in [4.69, 9.17) is 9.15 Å². The lowest BCUT2D eigenvalue weighted by Crippen LogP contribution is -2.01. The highest BCUT2D eigenvalue weighted by Crippen LogP contribution is 2.30. The minimum Gasteiger partial charge on any atom is -0.508 e. The number of aromatic hydroxyl groups is 1. The summed E-state index contributed by atoms with van der Waals surface area (Å²) in [5.41, 5.74) is 0.878. The maximum absolute atomic E-state index is 12.0. The Morgan fingerprint density at radius 3 is 2.63 bits per heavy atom. The number of phenolic OH excluding ortho intramolecular Hbond substituents is 1. The zero-order chi connectivity index (χ0) is 13.6. The molecule has 0 saturated carbocycles. The lowest BCUT2D eigenvalue weighted by molar-refractivity contribution is 0.412. The first-order valence-corrected chi connectivity index (χ1v) is 5.84. The van der Waals surface area contributed by atoms with Crippen LogP contribution in [-0.2, 0) is 0 Å². The van der Waals surface area contributed by atoms with Crippen LogP contribution in [0.1, 0.15) is 5.56 Å². The summed E-state index contributed by atoms with van der Waals surface area (Å²) in [4.78, 5) is 12.0. The SMILES string of the molecule is COc1cc2c(=O)oc3cc(O)ccc3c2cc1C. The van der Waals surface area contributed by atoms with Crippen molar-refractivity contribution in [3.63, 3.8) is 0 Å². The van der Waals surface area contributed by atoms with Gasteiger partial charge in [0.15, 0.2) is 0 Å². The highest BCUT2D eigenvalue weighted by atomic mass is 16.5. The Bertz CT molecular complexity index is 846. The lowest BCUT2D eigenvalue weighted by atomic mass is 10.0. The quantitative estimate of drug-likeness (QED) is 0.537. The van der Waals surface area contributed by atoms with Gasteiger partial charge in [-0.2, -0.15) is 0 Å². The Morgan fingerprint density at radius 2 is 1.89 bits per heavy atom. The number of phenols is 1. The Balaban J connectivity index is 2.54. The summed E-state index contributed by atoms with van der Waals surface area (Å²) < 4.78 is 10.4. The first-order valence-electron chi connectivity index (χ1n) is 5.84. The van der Waals surface area contributed by atoms with Crippen LogP contribution >= 0.6 is 0 Å². The number of fused-ring (bicyclic) bond motifs is 3. The van der Waals surface area contributed by atoms with E-state index in [1.54, 1.807) is 25.3 Å². The molecule has 96 valence electrons. The molecule has 4 heteroatoms. The van der Waals surface area contributed by atoms with E-state index in [2.05, 4.69) is 0 Å². The van der Waals surface area contributed by atoms with Gasteiger partial charge in [-0.1, -0.05) is 0 Å². The topological polar surface area (TPSA) is 59.7 Å². The van der Waals surface area contributed by atoms with Gasteiger partial charge in [-0.15, -0.1) is 0 Å². The average Bonchev–Trinajstić information content (AvgIpc) is 2.38. The van der Waals surface area contributed by atoms with Gasteiger partial charge in [-0.25, -0.2) is 4.79 Å². The number of aryl methyl sites for hydroxylation is 1.